The predicted molar refractivity (Wildman–Crippen MR) is 107 cm³/mol. The van der Waals surface area contributed by atoms with Crippen molar-refractivity contribution in [2.75, 3.05) is 39.3 Å². The summed E-state index contributed by atoms with van der Waals surface area (Å²) >= 11 is 0. The minimum atomic E-state index is 0. The first-order valence-electron chi connectivity index (χ1n) is 8.65. The fourth-order valence-corrected chi connectivity index (χ4v) is 2.75. The Hall–Kier alpha value is -1.01. The number of hydrogen-bond donors (Lipinski definition) is 2. The summed E-state index contributed by atoms with van der Waals surface area (Å²) in [6.07, 6.45) is 0.936. The van der Waals surface area contributed by atoms with Crippen molar-refractivity contribution in [1.82, 2.24) is 15.5 Å². The van der Waals surface area contributed by atoms with Crippen LogP contribution in [0, 0.1) is 5.92 Å². The van der Waals surface area contributed by atoms with E-state index in [1.807, 2.05) is 24.3 Å². The monoisotopic (exact) mass is 391 g/mol. The van der Waals surface area contributed by atoms with Crippen LogP contribution < -0.4 is 15.4 Å². The number of halogens is 2. The number of carbonyl (C=O) groups is 1. The summed E-state index contributed by atoms with van der Waals surface area (Å²) in [4.78, 5) is 14.3. The lowest BCUT2D eigenvalue weighted by molar-refractivity contribution is -0.124. The Morgan fingerprint density at radius 3 is 2.48 bits per heavy atom. The molecule has 1 amide bonds. The minimum Gasteiger partial charge on any atom is -0.492 e. The van der Waals surface area contributed by atoms with E-state index in [4.69, 9.17) is 4.74 Å². The van der Waals surface area contributed by atoms with Crippen LogP contribution in [0.25, 0.3) is 0 Å². The molecule has 1 heterocycles. The maximum absolute atomic E-state index is 12.0. The number of hydrogen-bond acceptors (Lipinski definition) is 4. The van der Waals surface area contributed by atoms with Gasteiger partial charge in [0.15, 0.2) is 0 Å². The van der Waals surface area contributed by atoms with Crippen molar-refractivity contribution < 1.29 is 9.53 Å². The molecule has 144 valence electrons. The average Bonchev–Trinajstić information content (AvgIpc) is 3.12. The number of benzene rings is 1. The molecule has 1 aliphatic heterocycles. The summed E-state index contributed by atoms with van der Waals surface area (Å²) in [6.45, 7) is 10.4. The van der Waals surface area contributed by atoms with E-state index in [9.17, 15) is 4.79 Å². The molecular formula is C18H31Cl2N3O2. The van der Waals surface area contributed by atoms with Gasteiger partial charge in [-0.25, -0.2) is 0 Å². The molecule has 0 spiro atoms. The maximum Gasteiger partial charge on any atom is 0.224 e. The standard InChI is InChI=1S/C18H29N3O2.2ClH/c1-3-21(4-2)11-12-23-17-7-5-15(6-8-17)13-20-18(22)16-9-10-19-14-16;;/h5-8,16,19H,3-4,9-14H2,1-2H3,(H,20,22);2*1H. The number of amides is 1. The van der Waals surface area contributed by atoms with E-state index in [0.29, 0.717) is 13.2 Å². The van der Waals surface area contributed by atoms with Crippen molar-refractivity contribution in [2.45, 2.75) is 26.8 Å². The molecule has 1 unspecified atom stereocenters. The molecule has 1 atom stereocenters. The van der Waals surface area contributed by atoms with E-state index in [2.05, 4.69) is 29.4 Å². The van der Waals surface area contributed by atoms with Crippen LogP contribution in [0.5, 0.6) is 5.75 Å². The van der Waals surface area contributed by atoms with Gasteiger partial charge in [-0.05, 0) is 43.8 Å². The zero-order valence-electron chi connectivity index (χ0n) is 15.1. The molecule has 0 bridgehead atoms. The van der Waals surface area contributed by atoms with Crippen LogP contribution >= 0.6 is 24.8 Å². The second-order valence-corrected chi connectivity index (χ2v) is 5.93. The van der Waals surface area contributed by atoms with Crippen LogP contribution in [0.2, 0.25) is 0 Å². The molecule has 0 radical (unpaired) electrons. The number of carbonyl (C=O) groups excluding carboxylic acids is 1. The Morgan fingerprint density at radius 2 is 1.92 bits per heavy atom. The number of likely N-dealkylation sites (N-methyl/N-ethyl adjacent to an activating group) is 1. The van der Waals surface area contributed by atoms with Crippen LogP contribution in [0.3, 0.4) is 0 Å². The van der Waals surface area contributed by atoms with Gasteiger partial charge in [-0.15, -0.1) is 24.8 Å². The summed E-state index contributed by atoms with van der Waals surface area (Å²) in [7, 11) is 0. The third-order valence-corrected chi connectivity index (χ3v) is 4.39. The number of nitrogens with zero attached hydrogens (tertiary/aromatic N) is 1. The highest BCUT2D eigenvalue weighted by molar-refractivity contribution is 5.85. The highest BCUT2D eigenvalue weighted by atomic mass is 35.5. The number of rotatable bonds is 9. The molecule has 7 heteroatoms. The van der Waals surface area contributed by atoms with Gasteiger partial charge in [0.05, 0.1) is 5.92 Å². The Bertz CT molecular complexity index is 476. The molecule has 0 saturated carbocycles. The van der Waals surface area contributed by atoms with E-state index >= 15 is 0 Å². The van der Waals surface area contributed by atoms with E-state index in [0.717, 1.165) is 50.5 Å². The Balaban J connectivity index is 0.00000288. The van der Waals surface area contributed by atoms with Gasteiger partial charge in [0.25, 0.3) is 0 Å². The van der Waals surface area contributed by atoms with Crippen molar-refractivity contribution in [3.05, 3.63) is 29.8 Å². The van der Waals surface area contributed by atoms with Crippen molar-refractivity contribution in [2.24, 2.45) is 5.92 Å². The summed E-state index contributed by atoms with van der Waals surface area (Å²) in [5.74, 6) is 1.15. The maximum atomic E-state index is 12.0. The van der Waals surface area contributed by atoms with Gasteiger partial charge in [0.2, 0.25) is 5.91 Å². The first-order valence-corrected chi connectivity index (χ1v) is 8.65. The molecule has 0 aliphatic carbocycles. The first-order chi connectivity index (χ1) is 11.2. The molecular weight excluding hydrogens is 361 g/mol. The molecule has 0 aromatic heterocycles. The van der Waals surface area contributed by atoms with E-state index in [1.165, 1.54) is 0 Å². The molecule has 1 aliphatic rings. The van der Waals surface area contributed by atoms with Crippen molar-refractivity contribution >= 4 is 30.7 Å². The van der Waals surface area contributed by atoms with Crippen molar-refractivity contribution in [3.8, 4) is 5.75 Å². The fourth-order valence-electron chi connectivity index (χ4n) is 2.75. The second-order valence-electron chi connectivity index (χ2n) is 5.93. The molecule has 1 saturated heterocycles. The van der Waals surface area contributed by atoms with Gasteiger partial charge in [-0.3, -0.25) is 4.79 Å². The normalized spacial score (nSPS) is 16.0. The van der Waals surface area contributed by atoms with E-state index in [-0.39, 0.29) is 36.6 Å². The number of nitrogens with one attached hydrogen (secondary N) is 2. The van der Waals surface area contributed by atoms with Gasteiger partial charge >= 0.3 is 0 Å². The lowest BCUT2D eigenvalue weighted by Crippen LogP contribution is -2.31. The van der Waals surface area contributed by atoms with Crippen LogP contribution in [-0.2, 0) is 11.3 Å². The van der Waals surface area contributed by atoms with Crippen LogP contribution in [0.4, 0.5) is 0 Å². The molecule has 1 aromatic carbocycles. The smallest absolute Gasteiger partial charge is 0.224 e. The third-order valence-electron chi connectivity index (χ3n) is 4.39. The van der Waals surface area contributed by atoms with Crippen LogP contribution in [0.1, 0.15) is 25.8 Å². The largest absolute Gasteiger partial charge is 0.492 e. The average molecular weight is 392 g/mol. The number of ether oxygens (including phenoxy) is 1. The molecule has 2 rings (SSSR count). The predicted octanol–water partition coefficient (Wildman–Crippen LogP) is 2.48. The lowest BCUT2D eigenvalue weighted by Gasteiger charge is -2.18. The van der Waals surface area contributed by atoms with Crippen LogP contribution in [0.15, 0.2) is 24.3 Å². The zero-order valence-corrected chi connectivity index (χ0v) is 16.8. The zero-order chi connectivity index (χ0) is 16.5. The fraction of sp³-hybridized carbons (Fsp3) is 0.611. The minimum absolute atomic E-state index is 0. The lowest BCUT2D eigenvalue weighted by atomic mass is 10.1. The van der Waals surface area contributed by atoms with Gasteiger partial charge in [-0.1, -0.05) is 26.0 Å². The summed E-state index contributed by atoms with van der Waals surface area (Å²) in [6, 6.07) is 7.97. The van der Waals surface area contributed by atoms with Gasteiger partial charge in [-0.2, -0.15) is 0 Å². The summed E-state index contributed by atoms with van der Waals surface area (Å²) in [5, 5.41) is 6.22. The van der Waals surface area contributed by atoms with Gasteiger partial charge in [0, 0.05) is 19.6 Å². The quantitative estimate of drug-likeness (QED) is 0.678. The summed E-state index contributed by atoms with van der Waals surface area (Å²) < 4.78 is 5.76. The molecule has 25 heavy (non-hydrogen) atoms. The highest BCUT2D eigenvalue weighted by Crippen LogP contribution is 2.13. The molecule has 1 fully saturated rings. The molecule has 5 nitrogen and oxygen atoms in total. The van der Waals surface area contributed by atoms with E-state index < -0.39 is 0 Å². The Labute approximate surface area is 163 Å². The van der Waals surface area contributed by atoms with E-state index in [1.54, 1.807) is 0 Å². The van der Waals surface area contributed by atoms with Gasteiger partial charge in [0.1, 0.15) is 12.4 Å². The topological polar surface area (TPSA) is 53.6 Å². The Kier molecular flexibility index (Phi) is 12.7. The van der Waals surface area contributed by atoms with Crippen molar-refractivity contribution in [1.29, 1.82) is 0 Å². The van der Waals surface area contributed by atoms with Gasteiger partial charge < -0.3 is 20.3 Å². The highest BCUT2D eigenvalue weighted by Gasteiger charge is 2.21. The Morgan fingerprint density at radius 1 is 1.24 bits per heavy atom. The van der Waals surface area contributed by atoms with Crippen LogP contribution in [-0.4, -0.2) is 50.1 Å². The van der Waals surface area contributed by atoms with Crippen molar-refractivity contribution in [3.63, 3.8) is 0 Å². The SMILES string of the molecule is CCN(CC)CCOc1ccc(CNC(=O)C2CCNC2)cc1.Cl.Cl. The third kappa shape index (κ3) is 8.27. The second kappa shape index (κ2) is 13.2. The summed E-state index contributed by atoms with van der Waals surface area (Å²) in [5.41, 5.74) is 1.10. The molecule has 1 aromatic rings. The molecule has 2 N–H and O–H groups in total. The first kappa shape index (κ1) is 24.0.